The van der Waals surface area contributed by atoms with Crippen molar-refractivity contribution < 1.29 is 9.66 Å². The lowest BCUT2D eigenvalue weighted by Gasteiger charge is -2.05. The lowest BCUT2D eigenvalue weighted by atomic mass is 10.1. The van der Waals surface area contributed by atoms with Gasteiger partial charge in [0.2, 0.25) is 0 Å². The molecule has 0 aromatic heterocycles. The van der Waals surface area contributed by atoms with Crippen LogP contribution in [0.25, 0.3) is 0 Å². The molecular weight excluding hydrogens is 256 g/mol. The third kappa shape index (κ3) is 6.02. The first-order valence-corrected chi connectivity index (χ1v) is 7.25. The highest BCUT2D eigenvalue weighted by Crippen LogP contribution is 2.22. The fourth-order valence-corrected chi connectivity index (χ4v) is 2.01. The van der Waals surface area contributed by atoms with Crippen LogP contribution in [0.4, 0.5) is 11.4 Å². The van der Waals surface area contributed by atoms with Gasteiger partial charge in [-0.3, -0.25) is 10.1 Å². The lowest BCUT2D eigenvalue weighted by molar-refractivity contribution is -0.384. The number of hydrogen-bond acceptors (Lipinski definition) is 4. The van der Waals surface area contributed by atoms with Crippen molar-refractivity contribution in [1.29, 1.82) is 0 Å². The molecule has 1 rings (SSSR count). The molecule has 0 saturated carbocycles. The van der Waals surface area contributed by atoms with Crippen LogP contribution in [0.15, 0.2) is 18.2 Å². The van der Waals surface area contributed by atoms with E-state index < -0.39 is 4.92 Å². The van der Waals surface area contributed by atoms with Crippen molar-refractivity contribution in [1.82, 2.24) is 0 Å². The summed E-state index contributed by atoms with van der Waals surface area (Å²) in [5, 5.41) is 10.8. The summed E-state index contributed by atoms with van der Waals surface area (Å²) in [6.45, 7) is 3.30. The minimum absolute atomic E-state index is 0.0503. The van der Waals surface area contributed by atoms with Gasteiger partial charge < -0.3 is 10.5 Å². The molecular formula is C15H24N2O3. The third-order valence-corrected chi connectivity index (χ3v) is 3.20. The molecule has 112 valence electrons. The van der Waals surface area contributed by atoms with Crippen LogP contribution >= 0.6 is 0 Å². The number of nitrogens with zero attached hydrogens (tertiary/aromatic N) is 1. The molecule has 0 radical (unpaired) electrons. The van der Waals surface area contributed by atoms with E-state index in [2.05, 4.69) is 6.92 Å². The molecule has 0 spiro atoms. The van der Waals surface area contributed by atoms with Crippen LogP contribution in [0.5, 0.6) is 0 Å². The number of nitro benzene ring substituents is 1. The predicted octanol–water partition coefficient (Wildman–Crippen LogP) is 4.05. The Morgan fingerprint density at radius 3 is 2.60 bits per heavy atom. The third-order valence-electron chi connectivity index (χ3n) is 3.20. The smallest absolute Gasteiger partial charge is 0.292 e. The van der Waals surface area contributed by atoms with E-state index >= 15 is 0 Å². The fourth-order valence-electron chi connectivity index (χ4n) is 2.01. The van der Waals surface area contributed by atoms with E-state index in [1.165, 1.54) is 38.2 Å². The Hall–Kier alpha value is -1.62. The fraction of sp³-hybridized carbons (Fsp3) is 0.600. The molecule has 2 N–H and O–H groups in total. The highest BCUT2D eigenvalue weighted by molar-refractivity contribution is 5.59. The maximum atomic E-state index is 10.8. The van der Waals surface area contributed by atoms with Gasteiger partial charge in [-0.2, -0.15) is 0 Å². The largest absolute Gasteiger partial charge is 0.393 e. The van der Waals surface area contributed by atoms with E-state index in [-0.39, 0.29) is 11.4 Å². The summed E-state index contributed by atoms with van der Waals surface area (Å²) >= 11 is 0. The molecule has 0 atom stereocenters. The summed E-state index contributed by atoms with van der Waals surface area (Å²) in [4.78, 5) is 10.3. The van der Waals surface area contributed by atoms with Crippen molar-refractivity contribution in [3.63, 3.8) is 0 Å². The predicted molar refractivity (Wildman–Crippen MR) is 80.5 cm³/mol. The molecule has 5 heteroatoms. The summed E-state index contributed by atoms with van der Waals surface area (Å²) < 4.78 is 5.54. The average Bonchev–Trinajstić information content (AvgIpc) is 2.43. The first-order chi connectivity index (χ1) is 9.65. The maximum Gasteiger partial charge on any atom is 0.292 e. The Morgan fingerprint density at radius 1 is 1.20 bits per heavy atom. The number of ether oxygens (including phenoxy) is 1. The summed E-state index contributed by atoms with van der Waals surface area (Å²) in [5.74, 6) is 0. The first kappa shape index (κ1) is 16.4. The topological polar surface area (TPSA) is 78.4 Å². The molecule has 20 heavy (non-hydrogen) atoms. The molecule has 0 fully saturated rings. The van der Waals surface area contributed by atoms with Gasteiger partial charge in [0.25, 0.3) is 5.69 Å². The SMILES string of the molecule is CCCCCCCCOCc1ccc(N)c([N+](=O)[O-])c1. The first-order valence-electron chi connectivity index (χ1n) is 7.25. The molecule has 0 aliphatic carbocycles. The van der Waals surface area contributed by atoms with Gasteiger partial charge in [0, 0.05) is 12.7 Å². The quantitative estimate of drug-likeness (QED) is 0.303. The van der Waals surface area contributed by atoms with Gasteiger partial charge in [-0.1, -0.05) is 45.1 Å². The molecule has 1 aromatic rings. The monoisotopic (exact) mass is 280 g/mol. The number of anilines is 1. The second kappa shape index (κ2) is 9.31. The van der Waals surface area contributed by atoms with Gasteiger partial charge in [-0.05, 0) is 18.1 Å². The molecule has 5 nitrogen and oxygen atoms in total. The minimum Gasteiger partial charge on any atom is -0.393 e. The summed E-state index contributed by atoms with van der Waals surface area (Å²) in [5.41, 5.74) is 6.47. The molecule has 0 aliphatic heterocycles. The Balaban J connectivity index is 2.22. The minimum atomic E-state index is -0.466. The molecule has 0 saturated heterocycles. The van der Waals surface area contributed by atoms with Gasteiger partial charge in [0.1, 0.15) is 5.69 Å². The summed E-state index contributed by atoms with van der Waals surface area (Å²) in [6, 6.07) is 4.81. The second-order valence-electron chi connectivity index (χ2n) is 4.97. The Kier molecular flexibility index (Phi) is 7.65. The summed E-state index contributed by atoms with van der Waals surface area (Å²) in [6.07, 6.45) is 7.33. The second-order valence-corrected chi connectivity index (χ2v) is 4.97. The zero-order valence-electron chi connectivity index (χ0n) is 12.1. The highest BCUT2D eigenvalue weighted by atomic mass is 16.6. The van der Waals surface area contributed by atoms with Crippen molar-refractivity contribution in [2.24, 2.45) is 0 Å². The van der Waals surface area contributed by atoms with Crippen LogP contribution < -0.4 is 5.73 Å². The van der Waals surface area contributed by atoms with Gasteiger partial charge in [-0.25, -0.2) is 0 Å². The number of unbranched alkanes of at least 4 members (excludes halogenated alkanes) is 5. The van der Waals surface area contributed by atoms with Crippen LogP contribution in [0.2, 0.25) is 0 Å². The standard InChI is InChI=1S/C15H24N2O3/c1-2-3-4-5-6-7-10-20-12-13-8-9-14(16)15(11-13)17(18)19/h8-9,11H,2-7,10,12,16H2,1H3. The number of rotatable bonds is 10. The van der Waals surface area contributed by atoms with Crippen LogP contribution in [-0.4, -0.2) is 11.5 Å². The van der Waals surface area contributed by atoms with E-state index in [0.717, 1.165) is 12.0 Å². The molecule has 0 heterocycles. The summed E-state index contributed by atoms with van der Waals surface area (Å²) in [7, 11) is 0. The van der Waals surface area contributed by atoms with Crippen molar-refractivity contribution >= 4 is 11.4 Å². The van der Waals surface area contributed by atoms with E-state index in [4.69, 9.17) is 10.5 Å². The lowest BCUT2D eigenvalue weighted by Crippen LogP contribution is -1.99. The van der Waals surface area contributed by atoms with Gasteiger partial charge >= 0.3 is 0 Å². The van der Waals surface area contributed by atoms with E-state index in [9.17, 15) is 10.1 Å². The van der Waals surface area contributed by atoms with Crippen molar-refractivity contribution in [2.75, 3.05) is 12.3 Å². The van der Waals surface area contributed by atoms with Gasteiger partial charge in [0.15, 0.2) is 0 Å². The van der Waals surface area contributed by atoms with Crippen molar-refractivity contribution in [2.45, 2.75) is 52.1 Å². The van der Waals surface area contributed by atoms with Gasteiger partial charge in [-0.15, -0.1) is 0 Å². The number of nitro groups is 1. The highest BCUT2D eigenvalue weighted by Gasteiger charge is 2.11. The average molecular weight is 280 g/mol. The Labute approximate surface area is 120 Å². The van der Waals surface area contributed by atoms with Crippen LogP contribution in [0, 0.1) is 10.1 Å². The van der Waals surface area contributed by atoms with E-state index in [1.807, 2.05) is 0 Å². The number of nitrogens with two attached hydrogens (primary N) is 1. The number of hydrogen-bond donors (Lipinski definition) is 1. The van der Waals surface area contributed by atoms with Crippen LogP contribution in [-0.2, 0) is 11.3 Å². The molecule has 0 bridgehead atoms. The number of benzene rings is 1. The van der Waals surface area contributed by atoms with Crippen molar-refractivity contribution in [3.8, 4) is 0 Å². The molecule has 0 aliphatic rings. The van der Waals surface area contributed by atoms with Crippen LogP contribution in [0.3, 0.4) is 0 Å². The Bertz CT molecular complexity index is 422. The molecule has 0 unspecified atom stereocenters. The van der Waals surface area contributed by atoms with Crippen LogP contribution in [0.1, 0.15) is 51.0 Å². The number of nitrogen functional groups attached to an aromatic ring is 1. The molecule has 1 aromatic carbocycles. The molecule has 0 amide bonds. The normalized spacial score (nSPS) is 10.7. The van der Waals surface area contributed by atoms with E-state index in [1.54, 1.807) is 12.1 Å². The maximum absolute atomic E-state index is 10.8. The zero-order chi connectivity index (χ0) is 14.8. The Morgan fingerprint density at radius 2 is 1.90 bits per heavy atom. The zero-order valence-corrected chi connectivity index (χ0v) is 12.1. The van der Waals surface area contributed by atoms with E-state index in [0.29, 0.717) is 13.2 Å². The van der Waals surface area contributed by atoms with Crippen molar-refractivity contribution in [3.05, 3.63) is 33.9 Å². The van der Waals surface area contributed by atoms with Gasteiger partial charge in [0.05, 0.1) is 11.5 Å².